The molecule has 0 aliphatic rings. The average Bonchev–Trinajstić information content (AvgIpc) is 2.38. The summed E-state index contributed by atoms with van der Waals surface area (Å²) in [6, 6.07) is 6.93. The molecule has 2 radical (unpaired) electrons. The Kier molecular flexibility index (Phi) is 8.75. The number of carboxylic acids is 1. The first-order valence-electron chi connectivity index (χ1n) is 6.38. The maximum atomic E-state index is 11.2. The number of hydrogen-bond donors (Lipinski definition) is 1. The minimum atomic E-state index is -1.21. The number of hydrogen-bond acceptors (Lipinski definition) is 2. The Bertz CT molecular complexity index is 411. The van der Waals surface area contributed by atoms with Crippen molar-refractivity contribution in [1.82, 2.24) is 0 Å². The van der Waals surface area contributed by atoms with E-state index in [0.717, 1.165) is 12.8 Å². The van der Waals surface area contributed by atoms with Crippen LogP contribution in [-0.4, -0.2) is 25.5 Å². The number of rotatable bonds is 8. The molecule has 0 spiro atoms. The molecule has 0 heterocycles. The molecule has 0 amide bonds. The van der Waals surface area contributed by atoms with Crippen molar-refractivity contribution in [3.63, 3.8) is 0 Å². The largest absolute Gasteiger partial charge is 0.494 e. The van der Waals surface area contributed by atoms with Gasteiger partial charge < -0.3 is 9.84 Å². The molecule has 1 atom stereocenters. The fraction of sp³-hybridized carbons (Fsp3) is 0.500. The van der Waals surface area contributed by atoms with Gasteiger partial charge in [-0.2, -0.15) is 0 Å². The molecule has 1 rings (SSSR count). The lowest BCUT2D eigenvalue weighted by Gasteiger charge is -2.25. The number of benzene rings is 1. The molecular formula is C14H19BCl2O3. The van der Waals surface area contributed by atoms with Gasteiger partial charge in [0, 0.05) is 10.3 Å². The quantitative estimate of drug-likeness (QED) is 0.733. The summed E-state index contributed by atoms with van der Waals surface area (Å²) in [5.74, 6) is -0.312. The van der Waals surface area contributed by atoms with E-state index in [2.05, 4.69) is 0 Å². The van der Waals surface area contributed by atoms with E-state index in [1.54, 1.807) is 24.3 Å². The Morgan fingerprint density at radius 2 is 1.95 bits per heavy atom. The maximum Gasteiger partial charge on any atom is 0.300 e. The van der Waals surface area contributed by atoms with Crippen molar-refractivity contribution in [3.05, 3.63) is 29.3 Å². The molecule has 1 aromatic carbocycles. The Hall–Kier alpha value is -0.865. The summed E-state index contributed by atoms with van der Waals surface area (Å²) < 4.78 is 5.48. The van der Waals surface area contributed by atoms with Crippen molar-refractivity contribution in [2.75, 3.05) is 6.61 Å². The molecule has 1 aromatic rings. The van der Waals surface area contributed by atoms with Gasteiger partial charge in [0.25, 0.3) is 0 Å². The topological polar surface area (TPSA) is 46.5 Å². The maximum absolute atomic E-state index is 11.2. The fourth-order valence-electron chi connectivity index (χ4n) is 1.71. The zero-order valence-electron chi connectivity index (χ0n) is 11.5. The molecule has 0 fully saturated rings. The third-order valence-corrected chi connectivity index (χ3v) is 3.28. The van der Waals surface area contributed by atoms with Gasteiger partial charge in [-0.1, -0.05) is 31.4 Å². The third-order valence-electron chi connectivity index (χ3n) is 3.03. The Balaban J connectivity index is 0.00000361. The van der Waals surface area contributed by atoms with Gasteiger partial charge in [-0.3, -0.25) is 4.79 Å². The van der Waals surface area contributed by atoms with Gasteiger partial charge in [0.05, 0.1) is 14.5 Å². The molecular weight excluding hydrogens is 298 g/mol. The third kappa shape index (κ3) is 6.06. The molecule has 110 valence electrons. The second-order valence-electron chi connectivity index (χ2n) is 4.62. The van der Waals surface area contributed by atoms with E-state index < -0.39 is 11.3 Å². The minimum Gasteiger partial charge on any atom is -0.494 e. The highest BCUT2D eigenvalue weighted by atomic mass is 35.5. The van der Waals surface area contributed by atoms with Crippen LogP contribution in [0.25, 0.3) is 0 Å². The van der Waals surface area contributed by atoms with Gasteiger partial charge >= 0.3 is 5.97 Å². The van der Waals surface area contributed by atoms with Crippen LogP contribution in [0.1, 0.15) is 32.6 Å². The van der Waals surface area contributed by atoms with Crippen molar-refractivity contribution in [3.8, 4) is 5.75 Å². The monoisotopic (exact) mass is 316 g/mol. The second kappa shape index (κ2) is 9.14. The zero-order chi connectivity index (χ0) is 14.3. The van der Waals surface area contributed by atoms with Crippen LogP contribution in [0.5, 0.6) is 5.75 Å². The lowest BCUT2D eigenvalue weighted by Crippen LogP contribution is -2.26. The lowest BCUT2D eigenvalue weighted by molar-refractivity contribution is -0.141. The molecule has 0 bridgehead atoms. The summed E-state index contributed by atoms with van der Waals surface area (Å²) in [6.45, 7) is 2.28. The van der Waals surface area contributed by atoms with Crippen LogP contribution in [-0.2, 0) is 4.79 Å². The fourth-order valence-corrected chi connectivity index (χ4v) is 1.84. The summed E-state index contributed by atoms with van der Waals surface area (Å²) >= 11 is 5.76. The van der Waals surface area contributed by atoms with Crippen molar-refractivity contribution in [1.29, 1.82) is 0 Å². The first-order valence-corrected chi connectivity index (χ1v) is 6.76. The first kappa shape index (κ1) is 19.1. The molecule has 0 aliphatic heterocycles. The Morgan fingerprint density at radius 3 is 2.45 bits per heavy atom. The molecule has 1 N–H and O–H groups in total. The van der Waals surface area contributed by atoms with Crippen LogP contribution in [0, 0.1) is 0 Å². The summed E-state index contributed by atoms with van der Waals surface area (Å²) in [7, 11) is 5.91. The first-order chi connectivity index (χ1) is 8.98. The predicted molar refractivity (Wildman–Crippen MR) is 84.4 cm³/mol. The van der Waals surface area contributed by atoms with Crippen LogP contribution in [0.3, 0.4) is 0 Å². The number of ether oxygens (including phenoxy) is 1. The van der Waals surface area contributed by atoms with Crippen molar-refractivity contribution < 1.29 is 14.6 Å². The second-order valence-corrected chi connectivity index (χ2v) is 5.05. The minimum absolute atomic E-state index is 0. The molecule has 0 saturated carbocycles. The van der Waals surface area contributed by atoms with E-state index >= 15 is 0 Å². The van der Waals surface area contributed by atoms with Crippen LogP contribution in [0.4, 0.5) is 0 Å². The predicted octanol–water partition coefficient (Wildman–Crippen LogP) is 4.13. The summed E-state index contributed by atoms with van der Waals surface area (Å²) in [6.07, 6.45) is 2.46. The molecule has 3 nitrogen and oxygen atoms in total. The summed E-state index contributed by atoms with van der Waals surface area (Å²) in [5, 5.41) is 8.62. The smallest absolute Gasteiger partial charge is 0.300 e. The highest BCUT2D eigenvalue weighted by Gasteiger charge is 2.31. The Labute approximate surface area is 132 Å². The van der Waals surface area contributed by atoms with E-state index in [0.29, 0.717) is 17.2 Å². The lowest BCUT2D eigenvalue weighted by atomic mass is 9.63. The van der Waals surface area contributed by atoms with Gasteiger partial charge in [0.15, 0.2) is 0 Å². The number of carboxylic acid groups (broad SMARTS) is 1. The number of aliphatic carboxylic acids is 1. The number of halogens is 2. The SMILES string of the molecule is Cl.[B]C(CCCC)(CCOc1ccc(Cl)cc1)C(=O)O. The average molecular weight is 317 g/mol. The molecule has 0 aromatic heterocycles. The zero-order valence-corrected chi connectivity index (χ0v) is 13.0. The highest BCUT2D eigenvalue weighted by Crippen LogP contribution is 2.33. The van der Waals surface area contributed by atoms with Gasteiger partial charge in [0.2, 0.25) is 0 Å². The number of unbranched alkanes of at least 4 members (excludes halogenated alkanes) is 1. The van der Waals surface area contributed by atoms with Crippen molar-refractivity contribution in [2.24, 2.45) is 0 Å². The molecule has 6 heteroatoms. The molecule has 1 unspecified atom stereocenters. The highest BCUT2D eigenvalue weighted by molar-refractivity contribution is 6.30. The normalized spacial score (nSPS) is 13.1. The molecule has 0 saturated heterocycles. The van der Waals surface area contributed by atoms with Crippen molar-refractivity contribution in [2.45, 2.75) is 37.9 Å². The van der Waals surface area contributed by atoms with E-state index in [1.807, 2.05) is 6.92 Å². The van der Waals surface area contributed by atoms with Gasteiger partial charge in [-0.05, 0) is 37.1 Å². The van der Waals surface area contributed by atoms with Gasteiger partial charge in [-0.15, -0.1) is 12.4 Å². The summed E-state index contributed by atoms with van der Waals surface area (Å²) in [4.78, 5) is 11.2. The summed E-state index contributed by atoms with van der Waals surface area (Å²) in [5.41, 5.74) is 0. The van der Waals surface area contributed by atoms with Gasteiger partial charge in [-0.25, -0.2) is 0 Å². The van der Waals surface area contributed by atoms with E-state index in [1.165, 1.54) is 0 Å². The van der Waals surface area contributed by atoms with E-state index in [4.69, 9.17) is 24.2 Å². The standard InChI is InChI=1S/C14H18BClO3.ClH/c1-2-3-8-14(15,13(17)18)9-10-19-12-6-4-11(16)5-7-12;/h4-7H,2-3,8-10H2,1H3,(H,17,18);1H. The van der Waals surface area contributed by atoms with Gasteiger partial charge in [0.1, 0.15) is 5.75 Å². The van der Waals surface area contributed by atoms with Crippen LogP contribution in [0.2, 0.25) is 10.3 Å². The van der Waals surface area contributed by atoms with Crippen LogP contribution < -0.4 is 4.74 Å². The van der Waals surface area contributed by atoms with E-state index in [9.17, 15) is 9.90 Å². The van der Waals surface area contributed by atoms with Crippen LogP contribution in [0.15, 0.2) is 24.3 Å². The van der Waals surface area contributed by atoms with E-state index in [-0.39, 0.29) is 25.4 Å². The molecule has 0 aliphatic carbocycles. The number of carbonyl (C=O) groups is 1. The molecule has 20 heavy (non-hydrogen) atoms. The van der Waals surface area contributed by atoms with Crippen molar-refractivity contribution >= 4 is 37.8 Å². The Morgan fingerprint density at radius 1 is 1.35 bits per heavy atom. The van der Waals surface area contributed by atoms with Crippen LogP contribution >= 0.6 is 24.0 Å².